The summed E-state index contributed by atoms with van der Waals surface area (Å²) in [4.78, 5) is 8.33. The minimum absolute atomic E-state index is 0. The van der Waals surface area contributed by atoms with Crippen molar-refractivity contribution in [1.29, 1.82) is 0 Å². The predicted molar refractivity (Wildman–Crippen MR) is 97.4 cm³/mol. The molecule has 3 heterocycles. The second-order valence-electron chi connectivity index (χ2n) is 6.10. The summed E-state index contributed by atoms with van der Waals surface area (Å²) >= 11 is 1.71. The Morgan fingerprint density at radius 2 is 1.96 bits per heavy atom. The number of hydrogen-bond acceptors (Lipinski definition) is 3. The van der Waals surface area contributed by atoms with Crippen LogP contribution in [0.5, 0.6) is 0 Å². The summed E-state index contributed by atoms with van der Waals surface area (Å²) in [5.74, 6) is -0.187. The van der Waals surface area contributed by atoms with Gasteiger partial charge in [0.15, 0.2) is 0 Å². The third kappa shape index (κ3) is 3.10. The standard InChI is InChI=1S/C17H20FN3S.ClH/c1-12-19-16-14-11-13(18)5-6-15(14)21(17(16)22-12)10-9-20-7-3-2-4-8-20;/h5-6,11H,2-4,7-10H2,1H3;1H. The number of fused-ring (bicyclic) bond motifs is 3. The van der Waals surface area contributed by atoms with Crippen LogP contribution in [0.4, 0.5) is 4.39 Å². The number of halogens is 2. The molecule has 23 heavy (non-hydrogen) atoms. The number of likely N-dealkylation sites (tertiary alicyclic amines) is 1. The van der Waals surface area contributed by atoms with E-state index in [-0.39, 0.29) is 18.2 Å². The molecule has 124 valence electrons. The van der Waals surface area contributed by atoms with Crippen LogP contribution in [0.15, 0.2) is 18.2 Å². The van der Waals surface area contributed by atoms with Gasteiger partial charge < -0.3 is 9.47 Å². The fourth-order valence-electron chi connectivity index (χ4n) is 3.46. The molecule has 1 saturated heterocycles. The van der Waals surface area contributed by atoms with Crippen LogP contribution in [0.2, 0.25) is 0 Å². The summed E-state index contributed by atoms with van der Waals surface area (Å²) < 4.78 is 15.9. The zero-order valence-electron chi connectivity index (χ0n) is 13.2. The van der Waals surface area contributed by atoms with E-state index < -0.39 is 0 Å². The van der Waals surface area contributed by atoms with Gasteiger partial charge in [-0.05, 0) is 51.1 Å². The van der Waals surface area contributed by atoms with E-state index in [1.54, 1.807) is 23.5 Å². The van der Waals surface area contributed by atoms with Crippen molar-refractivity contribution in [3.63, 3.8) is 0 Å². The summed E-state index contributed by atoms with van der Waals surface area (Å²) in [6.07, 6.45) is 3.99. The molecular formula is C17H21ClFN3S. The normalized spacial score (nSPS) is 16.1. The Hall–Kier alpha value is -1.17. The fraction of sp³-hybridized carbons (Fsp3) is 0.471. The Labute approximate surface area is 145 Å². The maximum absolute atomic E-state index is 13.6. The van der Waals surface area contributed by atoms with Crippen LogP contribution in [0.1, 0.15) is 24.3 Å². The van der Waals surface area contributed by atoms with Crippen LogP contribution in [0.25, 0.3) is 21.3 Å². The van der Waals surface area contributed by atoms with E-state index in [0.717, 1.165) is 34.5 Å². The molecule has 1 aliphatic rings. The third-order valence-corrected chi connectivity index (χ3v) is 5.55. The first-order valence-electron chi connectivity index (χ1n) is 7.99. The van der Waals surface area contributed by atoms with Crippen LogP contribution in [0.3, 0.4) is 0 Å². The van der Waals surface area contributed by atoms with Gasteiger partial charge in [-0.2, -0.15) is 0 Å². The monoisotopic (exact) mass is 353 g/mol. The van der Waals surface area contributed by atoms with Gasteiger partial charge in [0.05, 0.1) is 10.5 Å². The lowest BCUT2D eigenvalue weighted by Gasteiger charge is -2.26. The van der Waals surface area contributed by atoms with E-state index in [2.05, 4.69) is 14.5 Å². The van der Waals surface area contributed by atoms with Crippen LogP contribution >= 0.6 is 23.7 Å². The number of aromatic nitrogens is 2. The number of thiazole rings is 1. The van der Waals surface area contributed by atoms with Gasteiger partial charge in [-0.25, -0.2) is 9.37 Å². The first-order valence-corrected chi connectivity index (χ1v) is 8.81. The quantitative estimate of drug-likeness (QED) is 0.685. The van der Waals surface area contributed by atoms with Crippen molar-refractivity contribution in [2.75, 3.05) is 19.6 Å². The second-order valence-corrected chi connectivity index (χ2v) is 7.28. The molecule has 0 aliphatic carbocycles. The Kier molecular flexibility index (Phi) is 4.90. The predicted octanol–water partition coefficient (Wildman–Crippen LogP) is 4.61. The van der Waals surface area contributed by atoms with E-state index in [4.69, 9.17) is 0 Å². The third-order valence-electron chi connectivity index (χ3n) is 4.55. The van der Waals surface area contributed by atoms with Crippen LogP contribution in [-0.4, -0.2) is 34.1 Å². The molecular weight excluding hydrogens is 333 g/mol. The molecule has 0 bridgehead atoms. The highest BCUT2D eigenvalue weighted by molar-refractivity contribution is 7.18. The summed E-state index contributed by atoms with van der Waals surface area (Å²) in [6, 6.07) is 5.06. The smallest absolute Gasteiger partial charge is 0.124 e. The van der Waals surface area contributed by atoms with Crippen LogP contribution < -0.4 is 0 Å². The van der Waals surface area contributed by atoms with Gasteiger partial charge in [0.1, 0.15) is 16.2 Å². The van der Waals surface area contributed by atoms with Gasteiger partial charge in [-0.1, -0.05) is 6.42 Å². The molecule has 2 aromatic heterocycles. The number of aryl methyl sites for hydroxylation is 1. The Morgan fingerprint density at radius 3 is 2.74 bits per heavy atom. The molecule has 1 aliphatic heterocycles. The molecule has 3 aromatic rings. The highest BCUT2D eigenvalue weighted by Gasteiger charge is 2.16. The lowest BCUT2D eigenvalue weighted by Crippen LogP contribution is -2.32. The van der Waals surface area contributed by atoms with Crippen molar-refractivity contribution in [2.45, 2.75) is 32.7 Å². The molecule has 0 spiro atoms. The zero-order chi connectivity index (χ0) is 15.1. The largest absolute Gasteiger partial charge is 0.330 e. The van der Waals surface area contributed by atoms with Crippen LogP contribution in [0, 0.1) is 12.7 Å². The highest BCUT2D eigenvalue weighted by atomic mass is 35.5. The SMILES string of the molecule is Cc1nc2c3cc(F)ccc3n(CCN3CCCCC3)c2s1.Cl. The summed E-state index contributed by atoms with van der Waals surface area (Å²) in [6.45, 7) is 6.45. The fourth-order valence-corrected chi connectivity index (χ4v) is 4.43. The van der Waals surface area contributed by atoms with Gasteiger partial charge >= 0.3 is 0 Å². The molecule has 3 nitrogen and oxygen atoms in total. The van der Waals surface area contributed by atoms with Gasteiger partial charge in [0.25, 0.3) is 0 Å². The Morgan fingerprint density at radius 1 is 1.17 bits per heavy atom. The van der Waals surface area contributed by atoms with E-state index in [0.29, 0.717) is 0 Å². The molecule has 0 unspecified atom stereocenters. The van der Waals surface area contributed by atoms with Gasteiger partial charge in [-0.3, -0.25) is 0 Å². The minimum atomic E-state index is -0.187. The van der Waals surface area contributed by atoms with Crippen molar-refractivity contribution < 1.29 is 4.39 Å². The van der Waals surface area contributed by atoms with E-state index in [1.807, 2.05) is 13.0 Å². The molecule has 4 rings (SSSR count). The first-order chi connectivity index (χ1) is 10.7. The highest BCUT2D eigenvalue weighted by Crippen LogP contribution is 2.33. The van der Waals surface area contributed by atoms with Crippen molar-refractivity contribution >= 4 is 45.0 Å². The van der Waals surface area contributed by atoms with Crippen LogP contribution in [-0.2, 0) is 6.54 Å². The topological polar surface area (TPSA) is 21.1 Å². The van der Waals surface area contributed by atoms with Crippen molar-refractivity contribution in [2.24, 2.45) is 0 Å². The second kappa shape index (κ2) is 6.75. The molecule has 0 radical (unpaired) electrons. The minimum Gasteiger partial charge on any atom is -0.330 e. The molecule has 0 saturated carbocycles. The Balaban J connectivity index is 0.00000156. The van der Waals surface area contributed by atoms with Gasteiger partial charge in [0, 0.05) is 18.5 Å². The number of hydrogen-bond donors (Lipinski definition) is 0. The molecule has 0 atom stereocenters. The first kappa shape index (κ1) is 16.7. The van der Waals surface area contributed by atoms with E-state index in [9.17, 15) is 4.39 Å². The lowest BCUT2D eigenvalue weighted by molar-refractivity contribution is 0.222. The van der Waals surface area contributed by atoms with Crippen molar-refractivity contribution in [1.82, 2.24) is 14.5 Å². The van der Waals surface area contributed by atoms with Gasteiger partial charge in [-0.15, -0.1) is 23.7 Å². The summed E-state index contributed by atoms with van der Waals surface area (Å²) in [7, 11) is 0. The molecule has 0 N–H and O–H groups in total. The average Bonchev–Trinajstić information content (AvgIpc) is 3.02. The molecule has 1 aromatic carbocycles. The van der Waals surface area contributed by atoms with Gasteiger partial charge in [0.2, 0.25) is 0 Å². The molecule has 0 amide bonds. The van der Waals surface area contributed by atoms with Crippen molar-refractivity contribution in [3.8, 4) is 0 Å². The molecule has 1 fully saturated rings. The summed E-state index contributed by atoms with van der Waals surface area (Å²) in [5.41, 5.74) is 2.06. The maximum atomic E-state index is 13.6. The lowest BCUT2D eigenvalue weighted by atomic mass is 10.1. The van der Waals surface area contributed by atoms with E-state index >= 15 is 0 Å². The zero-order valence-corrected chi connectivity index (χ0v) is 14.9. The average molecular weight is 354 g/mol. The number of nitrogens with zero attached hydrogens (tertiary/aromatic N) is 3. The Bertz CT molecular complexity index is 820. The number of benzene rings is 1. The molecule has 6 heteroatoms. The number of rotatable bonds is 3. The van der Waals surface area contributed by atoms with E-state index in [1.165, 1.54) is 37.2 Å². The number of piperidine rings is 1. The van der Waals surface area contributed by atoms with Crippen molar-refractivity contribution in [3.05, 3.63) is 29.0 Å². The summed E-state index contributed by atoms with van der Waals surface area (Å²) in [5, 5.41) is 1.99. The maximum Gasteiger partial charge on any atom is 0.124 e.